The molecule has 0 spiro atoms. The van der Waals surface area contributed by atoms with E-state index in [0.717, 1.165) is 6.42 Å². The van der Waals surface area contributed by atoms with Crippen LogP contribution in [0.25, 0.3) is 0 Å². The Morgan fingerprint density at radius 2 is 2.25 bits per heavy atom. The Kier molecular flexibility index (Phi) is 0.245. The molecule has 4 heavy (non-hydrogen) atoms. The largest absolute Gasteiger partial charge is 0.0798 e. The topological polar surface area (TPSA) is 0 Å². The molecule has 0 amide bonds. The van der Waals surface area contributed by atoms with E-state index < -0.39 is 0 Å². The highest BCUT2D eigenvalue weighted by molar-refractivity contribution is 5.02. The third-order valence-electron chi connectivity index (χ3n) is 0.471. The van der Waals surface area contributed by atoms with Gasteiger partial charge in [-0.25, -0.2) is 0 Å². The van der Waals surface area contributed by atoms with Gasteiger partial charge in [0.2, 0.25) is 0 Å². The van der Waals surface area contributed by atoms with Crippen LogP contribution in [0.3, 0.4) is 0 Å². The second-order valence-corrected chi connectivity index (χ2v) is 0.811. The molecule has 20 valence electrons. The van der Waals surface area contributed by atoms with Crippen LogP contribution < -0.4 is 0 Å². The Balaban J connectivity index is 2.47. The Hall–Kier alpha value is -0.390. The predicted molar refractivity (Wildman–Crippen MR) is 16.7 cm³/mol. The van der Waals surface area contributed by atoms with E-state index in [1.165, 1.54) is 0 Å². The Labute approximate surface area is 26.1 Å². The van der Waals surface area contributed by atoms with Crippen LogP contribution in [-0.2, 0) is 0 Å². The van der Waals surface area contributed by atoms with Crippen LogP contribution >= 0.6 is 0 Å². The third-order valence-corrected chi connectivity index (χ3v) is 0.471. The van der Waals surface area contributed by atoms with Crippen molar-refractivity contribution in [2.45, 2.75) is 6.42 Å². The molecule has 0 saturated heterocycles. The van der Waals surface area contributed by atoms with Gasteiger partial charge in [-0.15, -0.1) is 0 Å². The molecule has 0 heterocycles. The molecule has 0 aromatic rings. The lowest BCUT2D eigenvalue weighted by Gasteiger charge is -1.91. The fourth-order valence-corrected chi connectivity index (χ4v) is 0.118. The molecule has 0 heteroatoms. The van der Waals surface area contributed by atoms with Crippen LogP contribution in [0.4, 0.5) is 0 Å². The number of allylic oxidation sites excluding steroid dienone is 2. The van der Waals surface area contributed by atoms with Gasteiger partial charge in [0.25, 0.3) is 0 Å². The summed E-state index contributed by atoms with van der Waals surface area (Å²) in [5.74, 6) is 0. The Bertz CT molecular complexity index is 29.3. The summed E-state index contributed by atoms with van der Waals surface area (Å²) in [5, 5.41) is 0. The third kappa shape index (κ3) is 0.0460. The molecule has 0 atom stereocenters. The molecule has 0 bridgehead atoms. The molecular formula is C4H4. The highest BCUT2D eigenvalue weighted by Gasteiger charge is 1.82. The Morgan fingerprint density at radius 1 is 2.00 bits per heavy atom. The van der Waals surface area contributed by atoms with Crippen LogP contribution in [0.5, 0.6) is 0 Å². The normalized spacial score (nSPS) is 18.0. The van der Waals surface area contributed by atoms with E-state index in [1.54, 1.807) is 0 Å². The fourth-order valence-electron chi connectivity index (χ4n) is 0.118. The van der Waals surface area contributed by atoms with Gasteiger partial charge in [0.15, 0.2) is 0 Å². The van der Waals surface area contributed by atoms with Gasteiger partial charge < -0.3 is 0 Å². The van der Waals surface area contributed by atoms with Gasteiger partial charge in [0, 0.05) is 0 Å². The smallest absolute Gasteiger partial charge is 0.00915 e. The van der Waals surface area contributed by atoms with E-state index in [0.29, 0.717) is 0 Å². The molecule has 0 saturated carbocycles. The summed E-state index contributed by atoms with van der Waals surface area (Å²) in [6.07, 6.45) is 8.00. The van der Waals surface area contributed by atoms with Gasteiger partial charge in [0.05, 0.1) is 0 Å². The van der Waals surface area contributed by atoms with Crippen LogP contribution in [0.15, 0.2) is 6.08 Å². The average Bonchev–Trinajstić information content (AvgIpc) is 0.722. The van der Waals surface area contributed by atoms with Crippen molar-refractivity contribution in [1.29, 1.82) is 0 Å². The first-order valence-electron chi connectivity index (χ1n) is 1.38. The molecule has 1 rings (SSSR count). The van der Waals surface area contributed by atoms with Crippen molar-refractivity contribution in [2.24, 2.45) is 0 Å². The zero-order valence-corrected chi connectivity index (χ0v) is 2.36. The molecule has 0 nitrogen and oxygen atoms in total. The summed E-state index contributed by atoms with van der Waals surface area (Å²) >= 11 is 0. The van der Waals surface area contributed by atoms with Crippen molar-refractivity contribution < 1.29 is 0 Å². The van der Waals surface area contributed by atoms with Crippen LogP contribution in [0.2, 0.25) is 0 Å². The average molecular weight is 52.1 g/mol. The van der Waals surface area contributed by atoms with Crippen LogP contribution in [0, 0.1) is 12.5 Å². The quantitative estimate of drug-likeness (QED) is 0.360. The first-order valence-corrected chi connectivity index (χ1v) is 1.38. The van der Waals surface area contributed by atoms with Crippen molar-refractivity contribution in [3.8, 4) is 0 Å². The van der Waals surface area contributed by atoms with E-state index in [2.05, 4.69) is 12.5 Å². The molecule has 0 fully saturated rings. The molecule has 0 aromatic carbocycles. The monoisotopic (exact) mass is 52.0 g/mol. The van der Waals surface area contributed by atoms with E-state index >= 15 is 0 Å². The number of hydrogen-bond acceptors (Lipinski definition) is 0. The summed E-state index contributed by atoms with van der Waals surface area (Å²) in [6.45, 7) is 0. The SMILES string of the molecule is [C-]1=C[CH+]C1. The van der Waals surface area contributed by atoms with E-state index in [-0.39, 0.29) is 0 Å². The molecule has 0 aliphatic heterocycles. The van der Waals surface area contributed by atoms with E-state index in [9.17, 15) is 0 Å². The number of rotatable bonds is 0. The zero-order valence-electron chi connectivity index (χ0n) is 2.36. The highest BCUT2D eigenvalue weighted by atomic mass is 13.9. The Morgan fingerprint density at radius 3 is 2.25 bits per heavy atom. The molecule has 1 aliphatic carbocycles. The zero-order chi connectivity index (χ0) is 2.83. The minimum absolute atomic E-state index is 1.07. The molecular weight excluding hydrogens is 48.0 g/mol. The lowest BCUT2D eigenvalue weighted by Crippen LogP contribution is -1.75. The molecule has 0 aromatic heterocycles. The van der Waals surface area contributed by atoms with Crippen molar-refractivity contribution >= 4 is 0 Å². The first-order chi connectivity index (χ1) is 2.00. The van der Waals surface area contributed by atoms with Crippen molar-refractivity contribution in [3.05, 3.63) is 18.6 Å². The maximum atomic E-state index is 2.93. The molecule has 1 aliphatic rings. The summed E-state index contributed by atoms with van der Waals surface area (Å²) in [4.78, 5) is 0. The molecule has 0 unspecified atom stereocenters. The van der Waals surface area contributed by atoms with Crippen LogP contribution in [0.1, 0.15) is 6.42 Å². The second kappa shape index (κ2) is 0.519. The van der Waals surface area contributed by atoms with E-state index in [1.807, 2.05) is 6.08 Å². The molecule has 0 radical (unpaired) electrons. The standard InChI is InChI=1S/C4H4/c1-2-4-3-1/h1-2H,3H2. The summed E-state index contributed by atoms with van der Waals surface area (Å²) in [5.41, 5.74) is 0. The summed E-state index contributed by atoms with van der Waals surface area (Å²) in [7, 11) is 0. The lowest BCUT2D eigenvalue weighted by molar-refractivity contribution is 1.15. The summed E-state index contributed by atoms with van der Waals surface area (Å²) in [6, 6.07) is 0. The minimum Gasteiger partial charge on any atom is -0.0798 e. The van der Waals surface area contributed by atoms with Crippen molar-refractivity contribution in [2.75, 3.05) is 0 Å². The van der Waals surface area contributed by atoms with E-state index in [4.69, 9.17) is 0 Å². The van der Waals surface area contributed by atoms with Gasteiger partial charge in [-0.2, -0.15) is 0 Å². The predicted octanol–water partition coefficient (Wildman–Crippen LogP) is 0.954. The van der Waals surface area contributed by atoms with Crippen molar-refractivity contribution in [3.63, 3.8) is 0 Å². The lowest BCUT2D eigenvalue weighted by atomic mass is 10.1. The van der Waals surface area contributed by atoms with Gasteiger partial charge >= 0.3 is 0 Å². The summed E-state index contributed by atoms with van der Waals surface area (Å²) < 4.78 is 0. The maximum absolute atomic E-state index is 2.93. The van der Waals surface area contributed by atoms with Gasteiger partial charge in [-0.1, -0.05) is 12.5 Å². The van der Waals surface area contributed by atoms with Crippen LogP contribution in [-0.4, -0.2) is 0 Å². The first kappa shape index (κ1) is 1.89. The van der Waals surface area contributed by atoms with Gasteiger partial charge in [-0.05, 0) is 12.5 Å². The number of hydrogen-bond donors (Lipinski definition) is 0. The van der Waals surface area contributed by atoms with Gasteiger partial charge in [0.1, 0.15) is 0 Å². The maximum Gasteiger partial charge on any atom is -0.00915 e. The minimum atomic E-state index is 1.07. The van der Waals surface area contributed by atoms with Gasteiger partial charge in [-0.3, -0.25) is 0 Å². The van der Waals surface area contributed by atoms with Crippen molar-refractivity contribution in [1.82, 2.24) is 0 Å². The fraction of sp³-hybridized carbons (Fsp3) is 0.250. The molecule has 0 N–H and O–H groups in total. The highest BCUT2D eigenvalue weighted by Crippen LogP contribution is 1.98. The second-order valence-electron chi connectivity index (χ2n) is 0.811.